The van der Waals surface area contributed by atoms with Crippen molar-refractivity contribution in [3.8, 4) is 11.3 Å². The maximum atomic E-state index is 13.3. The molecule has 0 N–H and O–H groups in total. The molecule has 1 aromatic heterocycles. The standard InChI is InChI=1S/C14H7ClF2N2/c15-14-10-4-2-1-3-9(10)13(18-19-14)8-5-6-11(16)12(17)7-8/h1-7H. The van der Waals surface area contributed by atoms with E-state index in [1.54, 1.807) is 6.07 Å². The van der Waals surface area contributed by atoms with Crippen LogP contribution in [0.5, 0.6) is 0 Å². The molecule has 3 aromatic rings. The zero-order valence-corrected chi connectivity index (χ0v) is 10.3. The fourth-order valence-corrected chi connectivity index (χ4v) is 2.13. The van der Waals surface area contributed by atoms with Crippen LogP contribution in [-0.2, 0) is 0 Å². The first-order valence-electron chi connectivity index (χ1n) is 5.53. The molecule has 0 aliphatic carbocycles. The van der Waals surface area contributed by atoms with E-state index in [2.05, 4.69) is 10.2 Å². The van der Waals surface area contributed by atoms with Crippen molar-refractivity contribution >= 4 is 22.4 Å². The van der Waals surface area contributed by atoms with Gasteiger partial charge in [-0.15, -0.1) is 10.2 Å². The van der Waals surface area contributed by atoms with Crippen molar-refractivity contribution in [1.29, 1.82) is 0 Å². The fourth-order valence-electron chi connectivity index (χ4n) is 1.93. The number of hydrogen-bond acceptors (Lipinski definition) is 2. The molecule has 1 heterocycles. The van der Waals surface area contributed by atoms with Gasteiger partial charge in [0, 0.05) is 16.3 Å². The first kappa shape index (κ1) is 12.0. The van der Waals surface area contributed by atoms with Crippen LogP contribution in [0.4, 0.5) is 8.78 Å². The van der Waals surface area contributed by atoms with Crippen LogP contribution in [0.15, 0.2) is 42.5 Å². The summed E-state index contributed by atoms with van der Waals surface area (Å²) in [6.07, 6.45) is 0. The molecule has 0 bridgehead atoms. The summed E-state index contributed by atoms with van der Waals surface area (Å²) in [4.78, 5) is 0. The molecule has 0 amide bonds. The summed E-state index contributed by atoms with van der Waals surface area (Å²) >= 11 is 5.97. The number of aromatic nitrogens is 2. The molecule has 0 fully saturated rings. The van der Waals surface area contributed by atoms with E-state index in [-0.39, 0.29) is 5.15 Å². The first-order valence-corrected chi connectivity index (χ1v) is 5.91. The van der Waals surface area contributed by atoms with Gasteiger partial charge in [-0.25, -0.2) is 8.78 Å². The van der Waals surface area contributed by atoms with Crippen molar-refractivity contribution in [1.82, 2.24) is 10.2 Å². The van der Waals surface area contributed by atoms with Gasteiger partial charge in [-0.05, 0) is 18.2 Å². The predicted octanol–water partition coefficient (Wildman–Crippen LogP) is 4.23. The zero-order chi connectivity index (χ0) is 13.4. The summed E-state index contributed by atoms with van der Waals surface area (Å²) in [6.45, 7) is 0. The van der Waals surface area contributed by atoms with E-state index in [1.807, 2.05) is 18.2 Å². The van der Waals surface area contributed by atoms with Crippen molar-refractivity contribution in [3.63, 3.8) is 0 Å². The largest absolute Gasteiger partial charge is 0.204 e. The average Bonchev–Trinajstić information content (AvgIpc) is 2.43. The van der Waals surface area contributed by atoms with Crippen LogP contribution in [0.3, 0.4) is 0 Å². The highest BCUT2D eigenvalue weighted by Gasteiger charge is 2.11. The van der Waals surface area contributed by atoms with E-state index >= 15 is 0 Å². The van der Waals surface area contributed by atoms with Crippen LogP contribution in [0.2, 0.25) is 5.15 Å². The third kappa shape index (κ3) is 2.04. The van der Waals surface area contributed by atoms with Crippen LogP contribution < -0.4 is 0 Å². The van der Waals surface area contributed by atoms with Gasteiger partial charge < -0.3 is 0 Å². The van der Waals surface area contributed by atoms with E-state index in [0.717, 1.165) is 22.9 Å². The van der Waals surface area contributed by atoms with Crippen molar-refractivity contribution < 1.29 is 8.78 Å². The second-order valence-corrected chi connectivity index (χ2v) is 4.37. The van der Waals surface area contributed by atoms with Gasteiger partial charge >= 0.3 is 0 Å². The molecule has 94 valence electrons. The SMILES string of the molecule is Fc1ccc(-c2nnc(Cl)c3ccccc23)cc1F. The van der Waals surface area contributed by atoms with Crippen molar-refractivity contribution in [2.75, 3.05) is 0 Å². The molecule has 0 saturated heterocycles. The number of halogens is 3. The Labute approximate surface area is 112 Å². The van der Waals surface area contributed by atoms with E-state index in [9.17, 15) is 8.78 Å². The number of benzene rings is 2. The lowest BCUT2D eigenvalue weighted by Crippen LogP contribution is -1.93. The van der Waals surface area contributed by atoms with E-state index in [1.165, 1.54) is 6.07 Å². The van der Waals surface area contributed by atoms with Crippen molar-refractivity contribution in [2.24, 2.45) is 0 Å². The van der Waals surface area contributed by atoms with Gasteiger partial charge in [-0.2, -0.15) is 0 Å². The number of fused-ring (bicyclic) bond motifs is 1. The van der Waals surface area contributed by atoms with Crippen molar-refractivity contribution in [2.45, 2.75) is 0 Å². The molecule has 0 aliphatic rings. The van der Waals surface area contributed by atoms with E-state index in [0.29, 0.717) is 11.3 Å². The summed E-state index contributed by atoms with van der Waals surface area (Å²) in [5, 5.41) is 9.56. The quantitative estimate of drug-likeness (QED) is 0.665. The van der Waals surface area contributed by atoms with Crippen LogP contribution in [0.1, 0.15) is 0 Å². The average molecular weight is 277 g/mol. The highest BCUT2D eigenvalue weighted by atomic mass is 35.5. The lowest BCUT2D eigenvalue weighted by Gasteiger charge is -2.06. The highest BCUT2D eigenvalue weighted by molar-refractivity contribution is 6.34. The Kier molecular flexibility index (Phi) is 2.87. The molecule has 0 unspecified atom stereocenters. The number of nitrogens with zero attached hydrogens (tertiary/aromatic N) is 2. The Hall–Kier alpha value is -2.07. The van der Waals surface area contributed by atoms with Gasteiger partial charge in [-0.1, -0.05) is 35.9 Å². The topological polar surface area (TPSA) is 25.8 Å². The fraction of sp³-hybridized carbons (Fsp3) is 0. The third-order valence-corrected chi connectivity index (χ3v) is 3.11. The number of rotatable bonds is 1. The molecule has 0 spiro atoms. The third-order valence-electron chi connectivity index (χ3n) is 2.84. The Morgan fingerprint density at radius 2 is 1.58 bits per heavy atom. The van der Waals surface area contributed by atoms with Crippen LogP contribution in [0.25, 0.3) is 22.0 Å². The molecule has 5 heteroatoms. The molecular formula is C14H7ClF2N2. The molecular weight excluding hydrogens is 270 g/mol. The van der Waals surface area contributed by atoms with Gasteiger partial charge in [0.25, 0.3) is 0 Å². The van der Waals surface area contributed by atoms with E-state index < -0.39 is 11.6 Å². The lowest BCUT2D eigenvalue weighted by atomic mass is 10.1. The number of hydrogen-bond donors (Lipinski definition) is 0. The monoisotopic (exact) mass is 276 g/mol. The highest BCUT2D eigenvalue weighted by Crippen LogP contribution is 2.29. The Bertz CT molecular complexity index is 774. The van der Waals surface area contributed by atoms with Gasteiger partial charge in [0.1, 0.15) is 5.69 Å². The van der Waals surface area contributed by atoms with E-state index in [4.69, 9.17) is 11.6 Å². The summed E-state index contributed by atoms with van der Waals surface area (Å²) in [6, 6.07) is 10.9. The molecule has 2 aromatic carbocycles. The predicted molar refractivity (Wildman–Crippen MR) is 69.9 cm³/mol. The minimum Gasteiger partial charge on any atom is -0.204 e. The summed E-state index contributed by atoms with van der Waals surface area (Å²) in [7, 11) is 0. The normalized spacial score (nSPS) is 10.9. The minimum absolute atomic E-state index is 0.280. The second-order valence-electron chi connectivity index (χ2n) is 4.01. The van der Waals surface area contributed by atoms with Crippen LogP contribution >= 0.6 is 11.6 Å². The minimum atomic E-state index is -0.918. The Morgan fingerprint density at radius 1 is 0.842 bits per heavy atom. The van der Waals surface area contributed by atoms with Crippen LogP contribution in [0, 0.1) is 11.6 Å². The molecule has 2 nitrogen and oxygen atoms in total. The molecule has 0 atom stereocenters. The summed E-state index contributed by atoms with van der Waals surface area (Å²) < 4.78 is 26.3. The lowest BCUT2D eigenvalue weighted by molar-refractivity contribution is 0.509. The van der Waals surface area contributed by atoms with Gasteiger partial charge in [0.15, 0.2) is 16.8 Å². The first-order chi connectivity index (χ1) is 9.16. The van der Waals surface area contributed by atoms with Gasteiger partial charge in [0.2, 0.25) is 0 Å². The molecule has 0 saturated carbocycles. The molecule has 19 heavy (non-hydrogen) atoms. The zero-order valence-electron chi connectivity index (χ0n) is 9.57. The molecule has 3 rings (SSSR count). The Morgan fingerprint density at radius 3 is 2.32 bits per heavy atom. The van der Waals surface area contributed by atoms with Gasteiger partial charge in [0.05, 0.1) is 0 Å². The van der Waals surface area contributed by atoms with Crippen LogP contribution in [-0.4, -0.2) is 10.2 Å². The maximum Gasteiger partial charge on any atom is 0.159 e. The molecule has 0 aliphatic heterocycles. The molecule has 0 radical (unpaired) electrons. The Balaban J connectivity index is 2.31. The smallest absolute Gasteiger partial charge is 0.159 e. The van der Waals surface area contributed by atoms with Crippen molar-refractivity contribution in [3.05, 3.63) is 59.3 Å². The summed E-state index contributed by atoms with van der Waals surface area (Å²) in [5.41, 5.74) is 0.929. The second kappa shape index (κ2) is 4.55. The summed E-state index contributed by atoms with van der Waals surface area (Å²) in [5.74, 6) is -1.81. The maximum absolute atomic E-state index is 13.3. The van der Waals surface area contributed by atoms with Gasteiger partial charge in [-0.3, -0.25) is 0 Å².